The van der Waals surface area contributed by atoms with Crippen molar-refractivity contribution in [1.29, 1.82) is 0 Å². The number of carbonyl (C=O) groups is 1. The summed E-state index contributed by atoms with van der Waals surface area (Å²) in [4.78, 5) is 13.6. The van der Waals surface area contributed by atoms with E-state index in [4.69, 9.17) is 4.74 Å². The summed E-state index contributed by atoms with van der Waals surface area (Å²) in [7, 11) is -1.75. The van der Waals surface area contributed by atoms with Gasteiger partial charge >= 0.3 is 0 Å². The van der Waals surface area contributed by atoms with Gasteiger partial charge in [0.15, 0.2) is 0 Å². The molecule has 1 saturated heterocycles. The van der Waals surface area contributed by atoms with Gasteiger partial charge in [-0.3, -0.25) is 4.79 Å². The fraction of sp³-hybridized carbons (Fsp3) is 0.909. The second-order valence-corrected chi connectivity index (χ2v) is 6.48. The smallest absolute Gasteiger partial charge is 0.223 e. The minimum absolute atomic E-state index is 0.0403. The molecular formula is C11H22N2O4S. The standard InChI is InChI=1S/C11H22N2O4S/c1-17-10-9-13(18(2,15)16)8-5-11(14)12-6-3-4-7-12/h3-10H2,1-2H3. The Labute approximate surface area is 109 Å². The lowest BCUT2D eigenvalue weighted by molar-refractivity contribution is -0.130. The van der Waals surface area contributed by atoms with Crippen LogP contribution in [0.5, 0.6) is 0 Å². The number of hydrogen-bond donors (Lipinski definition) is 0. The molecule has 0 aliphatic carbocycles. The number of hydrogen-bond acceptors (Lipinski definition) is 4. The predicted molar refractivity (Wildman–Crippen MR) is 68.7 cm³/mol. The molecule has 0 spiro atoms. The zero-order valence-electron chi connectivity index (χ0n) is 11.1. The second kappa shape index (κ2) is 7.06. The third-order valence-corrected chi connectivity index (χ3v) is 4.35. The molecule has 18 heavy (non-hydrogen) atoms. The van der Waals surface area contributed by atoms with Crippen molar-refractivity contribution in [3.8, 4) is 0 Å². The van der Waals surface area contributed by atoms with Crippen molar-refractivity contribution in [1.82, 2.24) is 9.21 Å². The van der Waals surface area contributed by atoms with Crippen LogP contribution < -0.4 is 0 Å². The molecule has 1 fully saturated rings. The Morgan fingerprint density at radius 2 is 1.89 bits per heavy atom. The first-order valence-electron chi connectivity index (χ1n) is 6.17. The van der Waals surface area contributed by atoms with Crippen LogP contribution in [0.4, 0.5) is 0 Å². The van der Waals surface area contributed by atoms with Crippen LogP contribution in [-0.2, 0) is 19.6 Å². The average Bonchev–Trinajstić information content (AvgIpc) is 2.80. The molecular weight excluding hydrogens is 256 g/mol. The predicted octanol–water partition coefficient (Wildman–Crippen LogP) is -0.0931. The summed E-state index contributed by atoms with van der Waals surface area (Å²) in [5, 5.41) is 0. The lowest BCUT2D eigenvalue weighted by atomic mass is 10.3. The van der Waals surface area contributed by atoms with Gasteiger partial charge in [0.25, 0.3) is 0 Å². The molecule has 0 aromatic carbocycles. The molecule has 1 amide bonds. The SMILES string of the molecule is COCCN(CCC(=O)N1CCCC1)S(C)(=O)=O. The number of methoxy groups -OCH3 is 1. The fourth-order valence-electron chi connectivity index (χ4n) is 1.98. The third kappa shape index (κ3) is 4.91. The van der Waals surface area contributed by atoms with Gasteiger partial charge < -0.3 is 9.64 Å². The van der Waals surface area contributed by atoms with E-state index >= 15 is 0 Å². The maximum absolute atomic E-state index is 11.8. The van der Waals surface area contributed by atoms with Gasteiger partial charge in [0, 0.05) is 39.7 Å². The van der Waals surface area contributed by atoms with Gasteiger partial charge in [-0.1, -0.05) is 0 Å². The monoisotopic (exact) mass is 278 g/mol. The molecule has 1 aliphatic heterocycles. The third-order valence-electron chi connectivity index (χ3n) is 3.05. The van der Waals surface area contributed by atoms with E-state index in [0.29, 0.717) is 13.2 Å². The molecule has 0 bridgehead atoms. The van der Waals surface area contributed by atoms with Crippen LogP contribution in [0, 0.1) is 0 Å². The molecule has 0 atom stereocenters. The summed E-state index contributed by atoms with van der Waals surface area (Å²) >= 11 is 0. The molecule has 0 aromatic heterocycles. The number of ether oxygens (including phenoxy) is 1. The molecule has 1 aliphatic rings. The first-order chi connectivity index (χ1) is 8.45. The molecule has 0 saturated carbocycles. The number of rotatable bonds is 7. The molecule has 7 heteroatoms. The highest BCUT2D eigenvalue weighted by Gasteiger charge is 2.21. The number of nitrogens with zero attached hydrogens (tertiary/aromatic N) is 2. The topological polar surface area (TPSA) is 66.9 Å². The highest BCUT2D eigenvalue weighted by Crippen LogP contribution is 2.10. The van der Waals surface area contributed by atoms with Gasteiger partial charge in [-0.2, -0.15) is 4.31 Å². The van der Waals surface area contributed by atoms with Crippen molar-refractivity contribution in [2.24, 2.45) is 0 Å². The summed E-state index contributed by atoms with van der Waals surface area (Å²) in [6, 6.07) is 0. The van der Waals surface area contributed by atoms with Crippen LogP contribution in [0.3, 0.4) is 0 Å². The Balaban J connectivity index is 2.43. The van der Waals surface area contributed by atoms with E-state index < -0.39 is 10.0 Å². The normalized spacial score (nSPS) is 16.5. The molecule has 0 aromatic rings. The van der Waals surface area contributed by atoms with Gasteiger partial charge in [0.1, 0.15) is 0 Å². The highest BCUT2D eigenvalue weighted by molar-refractivity contribution is 7.88. The Morgan fingerprint density at radius 3 is 2.39 bits per heavy atom. The van der Waals surface area contributed by atoms with Crippen LogP contribution in [0.2, 0.25) is 0 Å². The minimum atomic E-state index is -3.27. The largest absolute Gasteiger partial charge is 0.383 e. The molecule has 0 unspecified atom stereocenters. The maximum atomic E-state index is 11.8. The van der Waals surface area contributed by atoms with E-state index in [-0.39, 0.29) is 18.9 Å². The number of amides is 1. The van der Waals surface area contributed by atoms with Gasteiger partial charge in [-0.15, -0.1) is 0 Å². The molecule has 1 heterocycles. The Hall–Kier alpha value is -0.660. The van der Waals surface area contributed by atoms with Crippen molar-refractivity contribution >= 4 is 15.9 Å². The summed E-state index contributed by atoms with van der Waals surface area (Å²) in [6.45, 7) is 2.47. The van der Waals surface area contributed by atoms with Gasteiger partial charge in [0.05, 0.1) is 12.9 Å². The van der Waals surface area contributed by atoms with E-state index in [1.165, 1.54) is 11.4 Å². The average molecular weight is 278 g/mol. The second-order valence-electron chi connectivity index (χ2n) is 4.49. The number of likely N-dealkylation sites (tertiary alicyclic amines) is 1. The van der Waals surface area contributed by atoms with E-state index in [2.05, 4.69) is 0 Å². The van der Waals surface area contributed by atoms with E-state index in [9.17, 15) is 13.2 Å². The van der Waals surface area contributed by atoms with Gasteiger partial charge in [0.2, 0.25) is 15.9 Å². The van der Waals surface area contributed by atoms with Crippen LogP contribution in [0.1, 0.15) is 19.3 Å². The molecule has 0 N–H and O–H groups in total. The van der Waals surface area contributed by atoms with Gasteiger partial charge in [-0.25, -0.2) is 8.42 Å². The Kier molecular flexibility index (Phi) is 6.04. The molecule has 0 radical (unpaired) electrons. The lowest BCUT2D eigenvalue weighted by Crippen LogP contribution is -2.37. The van der Waals surface area contributed by atoms with Gasteiger partial charge in [-0.05, 0) is 12.8 Å². The zero-order chi connectivity index (χ0) is 13.6. The number of carbonyl (C=O) groups excluding carboxylic acids is 1. The number of sulfonamides is 1. The van der Waals surface area contributed by atoms with Crippen molar-refractivity contribution in [2.75, 3.05) is 46.2 Å². The fourth-order valence-corrected chi connectivity index (χ4v) is 2.81. The van der Waals surface area contributed by atoms with E-state index in [1.807, 2.05) is 0 Å². The Bertz CT molecular complexity index is 363. The zero-order valence-corrected chi connectivity index (χ0v) is 11.9. The minimum Gasteiger partial charge on any atom is -0.383 e. The van der Waals surface area contributed by atoms with Crippen molar-refractivity contribution in [3.05, 3.63) is 0 Å². The summed E-state index contributed by atoms with van der Waals surface area (Å²) in [5.74, 6) is 0.0403. The maximum Gasteiger partial charge on any atom is 0.223 e. The van der Waals surface area contributed by atoms with Crippen LogP contribution in [-0.4, -0.2) is 69.7 Å². The Morgan fingerprint density at radius 1 is 1.28 bits per heavy atom. The van der Waals surface area contributed by atoms with Crippen molar-refractivity contribution in [2.45, 2.75) is 19.3 Å². The summed E-state index contributed by atoms with van der Waals surface area (Å²) < 4.78 is 29.2. The van der Waals surface area contributed by atoms with Crippen molar-refractivity contribution < 1.29 is 17.9 Å². The molecule has 6 nitrogen and oxygen atoms in total. The quantitative estimate of drug-likeness (QED) is 0.652. The molecule has 1 rings (SSSR count). The first-order valence-corrected chi connectivity index (χ1v) is 8.02. The van der Waals surface area contributed by atoms with Crippen LogP contribution in [0.25, 0.3) is 0 Å². The van der Waals surface area contributed by atoms with E-state index in [0.717, 1.165) is 32.2 Å². The highest BCUT2D eigenvalue weighted by atomic mass is 32.2. The van der Waals surface area contributed by atoms with Crippen LogP contribution >= 0.6 is 0 Å². The summed E-state index contributed by atoms with van der Waals surface area (Å²) in [5.41, 5.74) is 0. The lowest BCUT2D eigenvalue weighted by Gasteiger charge is -2.21. The summed E-state index contributed by atoms with van der Waals surface area (Å²) in [6.07, 6.45) is 3.50. The van der Waals surface area contributed by atoms with E-state index in [1.54, 1.807) is 4.90 Å². The first kappa shape index (κ1) is 15.4. The van der Waals surface area contributed by atoms with Crippen LogP contribution in [0.15, 0.2) is 0 Å². The van der Waals surface area contributed by atoms with Crippen molar-refractivity contribution in [3.63, 3.8) is 0 Å². The molecule has 106 valence electrons.